The van der Waals surface area contributed by atoms with Crippen LogP contribution in [-0.4, -0.2) is 59.9 Å². The van der Waals surface area contributed by atoms with Crippen LogP contribution in [-0.2, 0) is 37.5 Å². The van der Waals surface area contributed by atoms with Crippen molar-refractivity contribution in [3.63, 3.8) is 0 Å². The lowest BCUT2D eigenvalue weighted by atomic mass is 10.0. The van der Waals surface area contributed by atoms with E-state index in [2.05, 4.69) is 30.5 Å². The number of esters is 2. The molecular weight excluding hydrogens is 733 g/mol. The molecule has 0 fully saturated rings. The third-order valence-corrected chi connectivity index (χ3v) is 10.7. The van der Waals surface area contributed by atoms with Crippen molar-refractivity contribution in [1.29, 1.82) is 0 Å². The molecular formula is C44H82NO10P. The summed E-state index contributed by atoms with van der Waals surface area (Å²) in [4.78, 5) is 45.9. The Morgan fingerprint density at radius 1 is 0.554 bits per heavy atom. The van der Waals surface area contributed by atoms with Gasteiger partial charge in [-0.3, -0.25) is 23.4 Å². The van der Waals surface area contributed by atoms with Crippen molar-refractivity contribution >= 4 is 25.7 Å². The number of phosphoric ester groups is 1. The average molecular weight is 816 g/mol. The maximum atomic E-state index is 12.6. The van der Waals surface area contributed by atoms with Gasteiger partial charge in [-0.05, 0) is 32.1 Å². The molecule has 4 N–H and O–H groups in total. The number of unbranched alkanes of at least 4 members (excludes halogenated alkanes) is 24. The highest BCUT2D eigenvalue weighted by atomic mass is 31.2. The number of rotatable bonds is 42. The van der Waals surface area contributed by atoms with Crippen LogP contribution in [0.25, 0.3) is 0 Å². The predicted molar refractivity (Wildman–Crippen MR) is 226 cm³/mol. The van der Waals surface area contributed by atoms with Gasteiger partial charge in [0.05, 0.1) is 13.2 Å². The summed E-state index contributed by atoms with van der Waals surface area (Å²) in [6.45, 7) is 2.77. The molecule has 0 saturated heterocycles. The second-order valence-electron chi connectivity index (χ2n) is 15.2. The van der Waals surface area contributed by atoms with E-state index in [-0.39, 0.29) is 19.4 Å². The SMILES string of the molecule is CCCCCCCCCCCCC=CCC=CCCC(=O)OC(COC(=O)CCCCCCCCCCCCCCCCC)COP(=O)(O)OCC(N)C(=O)O. The highest BCUT2D eigenvalue weighted by Gasteiger charge is 2.28. The third-order valence-electron chi connectivity index (χ3n) is 9.72. The molecule has 11 nitrogen and oxygen atoms in total. The minimum Gasteiger partial charge on any atom is -0.480 e. The molecule has 0 aromatic rings. The Labute approximate surface area is 340 Å². The van der Waals surface area contributed by atoms with Crippen molar-refractivity contribution in [2.24, 2.45) is 5.73 Å². The van der Waals surface area contributed by atoms with Crippen molar-refractivity contribution < 1.29 is 47.5 Å². The summed E-state index contributed by atoms with van der Waals surface area (Å²) in [6, 6.07) is -1.53. The lowest BCUT2D eigenvalue weighted by Gasteiger charge is -2.20. The summed E-state index contributed by atoms with van der Waals surface area (Å²) < 4.78 is 32.6. The van der Waals surface area contributed by atoms with Gasteiger partial charge in [0.2, 0.25) is 0 Å². The van der Waals surface area contributed by atoms with Crippen LogP contribution in [0, 0.1) is 0 Å². The van der Waals surface area contributed by atoms with Gasteiger partial charge in [0.1, 0.15) is 12.6 Å². The van der Waals surface area contributed by atoms with E-state index in [0.29, 0.717) is 12.8 Å². The Morgan fingerprint density at radius 3 is 1.46 bits per heavy atom. The van der Waals surface area contributed by atoms with Crippen LogP contribution in [0.3, 0.4) is 0 Å². The summed E-state index contributed by atoms with van der Waals surface area (Å²) >= 11 is 0. The van der Waals surface area contributed by atoms with Crippen LogP contribution in [0.4, 0.5) is 0 Å². The fourth-order valence-electron chi connectivity index (χ4n) is 6.18. The van der Waals surface area contributed by atoms with E-state index in [9.17, 15) is 23.8 Å². The van der Waals surface area contributed by atoms with E-state index >= 15 is 0 Å². The van der Waals surface area contributed by atoms with Crippen molar-refractivity contribution in [2.45, 2.75) is 219 Å². The molecule has 328 valence electrons. The number of carboxylic acid groups (broad SMARTS) is 1. The molecule has 3 atom stereocenters. The van der Waals surface area contributed by atoms with E-state index in [1.165, 1.54) is 135 Å². The Hall–Kier alpha value is -2.04. The zero-order valence-corrected chi connectivity index (χ0v) is 36.4. The Bertz CT molecular complexity index is 1050. The molecule has 56 heavy (non-hydrogen) atoms. The molecule has 12 heteroatoms. The van der Waals surface area contributed by atoms with E-state index < -0.39 is 51.1 Å². The first-order chi connectivity index (χ1) is 27.1. The highest BCUT2D eigenvalue weighted by Crippen LogP contribution is 2.43. The highest BCUT2D eigenvalue weighted by molar-refractivity contribution is 7.47. The lowest BCUT2D eigenvalue weighted by Crippen LogP contribution is -2.34. The zero-order valence-electron chi connectivity index (χ0n) is 35.5. The summed E-state index contributed by atoms with van der Waals surface area (Å²) in [5.41, 5.74) is 5.33. The molecule has 0 saturated carbocycles. The van der Waals surface area contributed by atoms with E-state index in [0.717, 1.165) is 32.1 Å². The van der Waals surface area contributed by atoms with Gasteiger partial charge in [0.25, 0.3) is 0 Å². The van der Waals surface area contributed by atoms with Gasteiger partial charge in [-0.1, -0.05) is 186 Å². The number of allylic oxidation sites excluding steroid dienone is 4. The van der Waals surface area contributed by atoms with Crippen LogP contribution in [0.15, 0.2) is 24.3 Å². The maximum absolute atomic E-state index is 12.6. The average Bonchev–Trinajstić information content (AvgIpc) is 3.17. The Kier molecular flexibility index (Phi) is 38.3. The molecule has 0 aliphatic rings. The predicted octanol–water partition coefficient (Wildman–Crippen LogP) is 11.8. The van der Waals surface area contributed by atoms with Crippen LogP contribution in [0.1, 0.15) is 206 Å². The summed E-state index contributed by atoms with van der Waals surface area (Å²) in [5.74, 6) is -2.45. The Morgan fingerprint density at radius 2 is 0.982 bits per heavy atom. The van der Waals surface area contributed by atoms with Crippen LogP contribution in [0.5, 0.6) is 0 Å². The number of phosphoric acid groups is 1. The normalized spacial score (nSPS) is 13.9. The number of carbonyl (C=O) groups is 3. The molecule has 0 radical (unpaired) electrons. The molecule has 0 amide bonds. The third kappa shape index (κ3) is 38.8. The number of ether oxygens (including phenoxy) is 2. The fourth-order valence-corrected chi connectivity index (χ4v) is 6.96. The Balaban J connectivity index is 4.40. The molecule has 3 unspecified atom stereocenters. The first kappa shape index (κ1) is 54.0. The number of carboxylic acids is 1. The molecule has 0 spiro atoms. The number of nitrogens with two attached hydrogens (primary N) is 1. The van der Waals surface area contributed by atoms with Crippen molar-refractivity contribution in [1.82, 2.24) is 0 Å². The van der Waals surface area contributed by atoms with Gasteiger partial charge in [0.15, 0.2) is 6.10 Å². The minimum absolute atomic E-state index is 0.0587. The molecule has 0 aliphatic carbocycles. The summed E-state index contributed by atoms with van der Waals surface area (Å²) in [6.07, 6.45) is 41.2. The van der Waals surface area contributed by atoms with Crippen molar-refractivity contribution in [2.75, 3.05) is 19.8 Å². The number of hydrogen-bond donors (Lipinski definition) is 3. The second-order valence-corrected chi connectivity index (χ2v) is 16.6. The molecule has 0 aromatic heterocycles. The topological polar surface area (TPSA) is 172 Å². The van der Waals surface area contributed by atoms with E-state index in [1.807, 2.05) is 12.2 Å². The minimum atomic E-state index is -4.73. The second kappa shape index (κ2) is 39.8. The van der Waals surface area contributed by atoms with Gasteiger partial charge >= 0.3 is 25.7 Å². The molecule has 0 bridgehead atoms. The number of aliphatic carboxylic acids is 1. The first-order valence-corrected chi connectivity index (χ1v) is 23.9. The maximum Gasteiger partial charge on any atom is 0.472 e. The van der Waals surface area contributed by atoms with E-state index in [4.69, 9.17) is 24.8 Å². The molecule has 0 heterocycles. The summed E-state index contributed by atoms with van der Waals surface area (Å²) in [5, 5.41) is 8.89. The monoisotopic (exact) mass is 816 g/mol. The van der Waals surface area contributed by atoms with E-state index in [1.54, 1.807) is 0 Å². The quantitative estimate of drug-likeness (QED) is 0.0232. The van der Waals surface area contributed by atoms with Gasteiger partial charge in [-0.25, -0.2) is 4.57 Å². The largest absolute Gasteiger partial charge is 0.480 e. The molecule has 0 aromatic carbocycles. The lowest BCUT2D eigenvalue weighted by molar-refractivity contribution is -0.161. The zero-order chi connectivity index (χ0) is 41.4. The van der Waals surface area contributed by atoms with Crippen LogP contribution in [0.2, 0.25) is 0 Å². The number of hydrogen-bond acceptors (Lipinski definition) is 9. The fraction of sp³-hybridized carbons (Fsp3) is 0.841. The summed E-state index contributed by atoms with van der Waals surface area (Å²) in [7, 11) is -4.73. The van der Waals surface area contributed by atoms with Crippen LogP contribution >= 0.6 is 7.82 Å². The standard InChI is InChI=1S/C44H82NO10P/c1-3-5-7-9-11-13-15-17-19-20-22-24-26-28-30-32-34-36-43(47)55-40(38-53-56(50,51)54-39-41(45)44(48)49)37-52-42(46)35-33-31-29-27-25-23-21-18-16-14-12-10-8-6-4-2/h24,26,30,32,40-41H,3-23,25,27-29,31,33-39,45H2,1-2H3,(H,48,49)(H,50,51). The van der Waals surface area contributed by atoms with Crippen molar-refractivity contribution in [3.8, 4) is 0 Å². The molecule has 0 rings (SSSR count). The first-order valence-electron chi connectivity index (χ1n) is 22.4. The van der Waals surface area contributed by atoms with Gasteiger partial charge < -0.3 is 25.2 Å². The van der Waals surface area contributed by atoms with Crippen LogP contribution < -0.4 is 5.73 Å². The number of carbonyl (C=O) groups excluding carboxylic acids is 2. The molecule has 0 aliphatic heterocycles. The van der Waals surface area contributed by atoms with Gasteiger partial charge in [-0.2, -0.15) is 0 Å². The van der Waals surface area contributed by atoms with Crippen molar-refractivity contribution in [3.05, 3.63) is 24.3 Å². The van der Waals surface area contributed by atoms with Gasteiger partial charge in [-0.15, -0.1) is 0 Å². The van der Waals surface area contributed by atoms with Gasteiger partial charge in [0, 0.05) is 12.8 Å². The smallest absolute Gasteiger partial charge is 0.472 e.